The molecule has 0 N–H and O–H groups in total. The van der Waals surface area contributed by atoms with E-state index in [-0.39, 0.29) is 11.0 Å². The van der Waals surface area contributed by atoms with Crippen molar-refractivity contribution < 1.29 is 4.79 Å². The van der Waals surface area contributed by atoms with Crippen LogP contribution in [0.5, 0.6) is 0 Å². The number of carbonyl (C=O) groups excluding carboxylic acids is 1. The van der Waals surface area contributed by atoms with Crippen LogP contribution in [0.2, 0.25) is 0 Å². The van der Waals surface area contributed by atoms with Crippen LogP contribution in [0.1, 0.15) is 26.7 Å². The first kappa shape index (κ1) is 10.1. The number of piperidine rings is 1. The van der Waals surface area contributed by atoms with Gasteiger partial charge < -0.3 is 4.90 Å². The van der Waals surface area contributed by atoms with Crippen molar-refractivity contribution >= 4 is 17.7 Å². The van der Waals surface area contributed by atoms with Gasteiger partial charge in [0.15, 0.2) is 5.12 Å². The smallest absolute Gasteiger partial charge is 0.189 e. The van der Waals surface area contributed by atoms with Crippen LogP contribution in [-0.2, 0) is 4.79 Å². The second-order valence-electron chi connectivity index (χ2n) is 3.74. The highest BCUT2D eigenvalue weighted by Gasteiger charge is 2.23. The molecule has 0 aromatic carbocycles. The molecule has 0 aromatic heterocycles. The van der Waals surface area contributed by atoms with Gasteiger partial charge in [0.25, 0.3) is 0 Å². The minimum absolute atomic E-state index is 0.0680. The summed E-state index contributed by atoms with van der Waals surface area (Å²) in [6.45, 7) is 6.49. The van der Waals surface area contributed by atoms with Crippen LogP contribution >= 0.6 is 12.6 Å². The fourth-order valence-corrected chi connectivity index (χ4v) is 1.92. The molecule has 1 heterocycles. The summed E-state index contributed by atoms with van der Waals surface area (Å²) in [4.78, 5) is 13.3. The lowest BCUT2D eigenvalue weighted by Gasteiger charge is -2.33. The van der Waals surface area contributed by atoms with Crippen LogP contribution in [0, 0.1) is 5.92 Å². The van der Waals surface area contributed by atoms with Gasteiger partial charge in [-0.05, 0) is 39.8 Å². The quantitative estimate of drug-likeness (QED) is 0.662. The lowest BCUT2D eigenvalue weighted by atomic mass is 9.97. The highest BCUT2D eigenvalue weighted by molar-refractivity contribution is 7.96. The summed E-state index contributed by atoms with van der Waals surface area (Å²) < 4.78 is 0. The van der Waals surface area contributed by atoms with Gasteiger partial charge in [-0.2, -0.15) is 0 Å². The fourth-order valence-electron chi connectivity index (χ4n) is 1.66. The predicted octanol–water partition coefficient (Wildman–Crippen LogP) is 1.56. The zero-order chi connectivity index (χ0) is 9.14. The summed E-state index contributed by atoms with van der Waals surface area (Å²) in [6, 6.07) is 0.612. The van der Waals surface area contributed by atoms with Crippen LogP contribution in [0.15, 0.2) is 0 Å². The lowest BCUT2D eigenvalue weighted by Crippen LogP contribution is -2.39. The van der Waals surface area contributed by atoms with E-state index >= 15 is 0 Å². The molecule has 0 atom stereocenters. The number of thiol groups is 1. The molecule has 1 fully saturated rings. The molecule has 12 heavy (non-hydrogen) atoms. The van der Waals surface area contributed by atoms with E-state index in [9.17, 15) is 4.79 Å². The largest absolute Gasteiger partial charge is 0.301 e. The van der Waals surface area contributed by atoms with Gasteiger partial charge in [0.2, 0.25) is 0 Å². The Balaban J connectivity index is 2.34. The molecule has 1 rings (SSSR count). The van der Waals surface area contributed by atoms with Gasteiger partial charge in [-0.3, -0.25) is 4.79 Å². The van der Waals surface area contributed by atoms with Crippen molar-refractivity contribution in [2.24, 2.45) is 5.92 Å². The number of nitrogens with zero attached hydrogens (tertiary/aromatic N) is 1. The maximum Gasteiger partial charge on any atom is 0.189 e. The van der Waals surface area contributed by atoms with Crippen molar-refractivity contribution in [3.63, 3.8) is 0 Å². The molecule has 70 valence electrons. The molecule has 1 aliphatic heterocycles. The average molecular weight is 187 g/mol. The molecule has 0 spiro atoms. The lowest BCUT2D eigenvalue weighted by molar-refractivity contribution is -0.115. The highest BCUT2D eigenvalue weighted by Crippen LogP contribution is 2.20. The van der Waals surface area contributed by atoms with Crippen molar-refractivity contribution in [1.29, 1.82) is 0 Å². The van der Waals surface area contributed by atoms with Gasteiger partial charge in [-0.1, -0.05) is 0 Å². The molecule has 3 heteroatoms. The van der Waals surface area contributed by atoms with E-state index in [0.29, 0.717) is 6.04 Å². The fraction of sp³-hybridized carbons (Fsp3) is 0.889. The molecule has 1 saturated heterocycles. The van der Waals surface area contributed by atoms with Crippen molar-refractivity contribution in [2.45, 2.75) is 32.7 Å². The van der Waals surface area contributed by atoms with E-state index in [1.807, 2.05) is 0 Å². The van der Waals surface area contributed by atoms with Crippen molar-refractivity contribution in [3.05, 3.63) is 0 Å². The molecule has 0 aliphatic carbocycles. The Bertz CT molecular complexity index is 162. The topological polar surface area (TPSA) is 20.3 Å². The first-order valence-corrected chi connectivity index (χ1v) is 5.03. The third kappa shape index (κ3) is 2.49. The molecular weight excluding hydrogens is 170 g/mol. The monoisotopic (exact) mass is 187 g/mol. The molecule has 0 radical (unpaired) electrons. The van der Waals surface area contributed by atoms with Gasteiger partial charge in [-0.25, -0.2) is 0 Å². The molecule has 0 amide bonds. The number of rotatable bonds is 2. The predicted molar refractivity (Wildman–Crippen MR) is 53.4 cm³/mol. The van der Waals surface area contributed by atoms with E-state index in [4.69, 9.17) is 0 Å². The van der Waals surface area contributed by atoms with Gasteiger partial charge in [0.1, 0.15) is 0 Å². The van der Waals surface area contributed by atoms with Crippen molar-refractivity contribution in [3.8, 4) is 0 Å². The number of hydrogen-bond acceptors (Lipinski definition) is 2. The highest BCUT2D eigenvalue weighted by atomic mass is 32.1. The third-order valence-corrected chi connectivity index (χ3v) is 2.97. The van der Waals surface area contributed by atoms with Crippen molar-refractivity contribution in [2.75, 3.05) is 13.1 Å². The van der Waals surface area contributed by atoms with Crippen LogP contribution < -0.4 is 0 Å². The van der Waals surface area contributed by atoms with E-state index in [1.54, 1.807) is 0 Å². The van der Waals surface area contributed by atoms with Gasteiger partial charge in [-0.15, -0.1) is 12.6 Å². The maximum atomic E-state index is 10.9. The summed E-state index contributed by atoms with van der Waals surface area (Å²) in [5, 5.41) is 0.0680. The van der Waals surface area contributed by atoms with Crippen LogP contribution in [0.3, 0.4) is 0 Å². The summed E-state index contributed by atoms with van der Waals surface area (Å²) in [6.07, 6.45) is 1.97. The molecular formula is C9H17NOS. The Kier molecular flexibility index (Phi) is 3.59. The van der Waals surface area contributed by atoms with Gasteiger partial charge >= 0.3 is 0 Å². The SMILES string of the molecule is CC(C)N1CCC(C(=O)S)CC1. The second-order valence-corrected chi connectivity index (χ2v) is 4.18. The minimum Gasteiger partial charge on any atom is -0.301 e. The minimum atomic E-state index is 0.0680. The summed E-state index contributed by atoms with van der Waals surface area (Å²) in [5.41, 5.74) is 0. The zero-order valence-electron chi connectivity index (χ0n) is 7.79. The molecule has 1 aliphatic rings. The van der Waals surface area contributed by atoms with E-state index in [0.717, 1.165) is 25.9 Å². The van der Waals surface area contributed by atoms with E-state index in [1.165, 1.54) is 0 Å². The van der Waals surface area contributed by atoms with Crippen LogP contribution in [0.4, 0.5) is 0 Å². The van der Waals surface area contributed by atoms with Crippen molar-refractivity contribution in [1.82, 2.24) is 4.90 Å². The maximum absolute atomic E-state index is 10.9. The van der Waals surface area contributed by atoms with Gasteiger partial charge in [0.05, 0.1) is 0 Å². The molecule has 0 unspecified atom stereocenters. The Hall–Kier alpha value is -0.0200. The number of likely N-dealkylation sites (tertiary alicyclic amines) is 1. The molecule has 0 saturated carbocycles. The normalized spacial score (nSPS) is 21.7. The molecule has 0 aromatic rings. The second kappa shape index (κ2) is 4.28. The number of carbonyl (C=O) groups is 1. The summed E-state index contributed by atoms with van der Waals surface area (Å²) >= 11 is 3.86. The van der Waals surface area contributed by atoms with Crippen LogP contribution in [-0.4, -0.2) is 29.1 Å². The summed E-state index contributed by atoms with van der Waals surface area (Å²) in [5.74, 6) is 0.211. The zero-order valence-corrected chi connectivity index (χ0v) is 8.68. The number of hydrogen-bond donors (Lipinski definition) is 1. The Morgan fingerprint density at radius 1 is 1.42 bits per heavy atom. The van der Waals surface area contributed by atoms with E-state index in [2.05, 4.69) is 31.4 Å². The third-order valence-electron chi connectivity index (χ3n) is 2.61. The summed E-state index contributed by atoms with van der Waals surface area (Å²) in [7, 11) is 0. The molecule has 0 bridgehead atoms. The average Bonchev–Trinajstić information content (AvgIpc) is 2.04. The molecule has 2 nitrogen and oxygen atoms in total. The van der Waals surface area contributed by atoms with Gasteiger partial charge in [0, 0.05) is 12.0 Å². The first-order chi connectivity index (χ1) is 5.61. The Labute approximate surface area is 79.7 Å². The Morgan fingerprint density at radius 3 is 2.25 bits per heavy atom. The van der Waals surface area contributed by atoms with E-state index < -0.39 is 0 Å². The first-order valence-electron chi connectivity index (χ1n) is 4.58. The van der Waals surface area contributed by atoms with Crippen LogP contribution in [0.25, 0.3) is 0 Å². The Morgan fingerprint density at radius 2 is 1.92 bits per heavy atom. The standard InChI is InChI=1S/C9H17NOS/c1-7(2)10-5-3-8(4-6-10)9(11)12/h7-8H,3-6H2,1-2H3,(H,11,12).